The van der Waals surface area contributed by atoms with Crippen LogP contribution in [0.2, 0.25) is 5.02 Å². The molecule has 6 heteroatoms. The molecule has 0 aliphatic carbocycles. The molecule has 0 saturated carbocycles. The molecule has 1 heterocycles. The van der Waals surface area contributed by atoms with Gasteiger partial charge in [-0.2, -0.15) is 5.11 Å². The Morgan fingerprint density at radius 1 is 1.50 bits per heavy atom. The van der Waals surface area contributed by atoms with E-state index in [9.17, 15) is 0 Å². The zero-order chi connectivity index (χ0) is 13.3. The van der Waals surface area contributed by atoms with Crippen molar-refractivity contribution in [3.63, 3.8) is 0 Å². The second kappa shape index (κ2) is 5.20. The van der Waals surface area contributed by atoms with Crippen molar-refractivity contribution in [3.8, 4) is 5.75 Å². The highest BCUT2D eigenvalue weighted by atomic mass is 35.5. The first-order chi connectivity index (χ1) is 8.49. The number of ether oxygens (including phenoxy) is 1. The van der Waals surface area contributed by atoms with Gasteiger partial charge in [-0.3, -0.25) is 0 Å². The second-order valence-electron chi connectivity index (χ2n) is 4.28. The highest BCUT2D eigenvalue weighted by molar-refractivity contribution is 7.80. The summed E-state index contributed by atoms with van der Waals surface area (Å²) in [5, 5.41) is 9.03. The predicted octanol–water partition coefficient (Wildman–Crippen LogP) is 3.42. The summed E-state index contributed by atoms with van der Waals surface area (Å²) in [4.78, 5) is 1.81. The van der Waals surface area contributed by atoms with Gasteiger partial charge < -0.3 is 9.64 Å². The third-order valence-corrected chi connectivity index (χ3v) is 3.46. The number of aryl methyl sites for hydroxylation is 1. The van der Waals surface area contributed by atoms with Crippen molar-refractivity contribution < 1.29 is 4.74 Å². The summed E-state index contributed by atoms with van der Waals surface area (Å²) in [6, 6.07) is 5.67. The van der Waals surface area contributed by atoms with Crippen LogP contribution in [0.25, 0.3) is 0 Å². The summed E-state index contributed by atoms with van der Waals surface area (Å²) in [6.45, 7) is 3.91. The van der Waals surface area contributed by atoms with Gasteiger partial charge in [0.1, 0.15) is 11.9 Å². The van der Waals surface area contributed by atoms with Gasteiger partial charge in [0.05, 0.1) is 5.02 Å². The second-order valence-corrected chi connectivity index (χ2v) is 5.05. The van der Waals surface area contributed by atoms with Crippen molar-refractivity contribution in [2.24, 2.45) is 10.2 Å². The molecule has 96 valence electrons. The number of hydrogen-bond acceptors (Lipinski definition) is 3. The molecule has 0 radical (unpaired) electrons. The van der Waals surface area contributed by atoms with Gasteiger partial charge in [0.2, 0.25) is 5.11 Å². The number of rotatable bonds is 3. The molecule has 0 amide bonds. The highest BCUT2D eigenvalue weighted by Gasteiger charge is 2.29. The maximum absolute atomic E-state index is 6.09. The number of azo groups is 1. The van der Waals surface area contributed by atoms with Gasteiger partial charge >= 0.3 is 0 Å². The molecule has 2 atom stereocenters. The Labute approximate surface area is 117 Å². The van der Waals surface area contributed by atoms with Crippen LogP contribution >= 0.6 is 23.8 Å². The van der Waals surface area contributed by atoms with Crippen molar-refractivity contribution in [2.45, 2.75) is 26.1 Å². The average molecular weight is 284 g/mol. The van der Waals surface area contributed by atoms with E-state index in [0.29, 0.717) is 15.9 Å². The lowest BCUT2D eigenvalue weighted by Gasteiger charge is -2.24. The van der Waals surface area contributed by atoms with Crippen molar-refractivity contribution in [3.05, 3.63) is 28.8 Å². The van der Waals surface area contributed by atoms with Crippen LogP contribution in [-0.2, 0) is 0 Å². The van der Waals surface area contributed by atoms with Gasteiger partial charge in [-0.15, -0.1) is 5.11 Å². The molecule has 1 aliphatic heterocycles. The molecule has 2 rings (SSSR count). The van der Waals surface area contributed by atoms with Crippen molar-refractivity contribution in [1.82, 2.24) is 4.90 Å². The first-order valence-electron chi connectivity index (χ1n) is 5.59. The normalized spacial score (nSPS) is 20.3. The summed E-state index contributed by atoms with van der Waals surface area (Å²) < 4.78 is 5.84. The van der Waals surface area contributed by atoms with Gasteiger partial charge in [0.15, 0.2) is 6.17 Å². The molecule has 1 aromatic carbocycles. The lowest BCUT2D eigenvalue weighted by atomic mass is 10.2. The van der Waals surface area contributed by atoms with Gasteiger partial charge in [-0.25, -0.2) is 0 Å². The highest BCUT2D eigenvalue weighted by Crippen LogP contribution is 2.28. The van der Waals surface area contributed by atoms with Crippen LogP contribution < -0.4 is 4.74 Å². The quantitative estimate of drug-likeness (QED) is 0.798. The van der Waals surface area contributed by atoms with E-state index >= 15 is 0 Å². The Kier molecular flexibility index (Phi) is 3.82. The molecule has 0 aromatic heterocycles. The molecule has 4 nitrogen and oxygen atoms in total. The molecule has 2 unspecified atom stereocenters. The fourth-order valence-corrected chi connectivity index (χ4v) is 2.06. The molecular formula is C12H14ClN3OS. The third kappa shape index (κ3) is 2.62. The standard InChI is InChI=1S/C12H14ClN3OS/c1-7-4-5-9(13)10(6-7)17-8(2)11-14-15-12(18)16(11)3/h4-6,8,11H,1-3H3. The summed E-state index contributed by atoms with van der Waals surface area (Å²) in [7, 11) is 1.85. The van der Waals surface area contributed by atoms with Crippen LogP contribution in [-0.4, -0.2) is 29.3 Å². The average Bonchev–Trinajstić information content (AvgIpc) is 2.65. The zero-order valence-corrected chi connectivity index (χ0v) is 12.0. The Balaban J connectivity index is 2.12. The lowest BCUT2D eigenvalue weighted by Crippen LogP contribution is -2.39. The Bertz CT molecular complexity index is 506. The van der Waals surface area contributed by atoms with Crippen LogP contribution in [0.5, 0.6) is 5.75 Å². The van der Waals surface area contributed by atoms with Crippen LogP contribution in [0.3, 0.4) is 0 Å². The number of hydrogen-bond donors (Lipinski definition) is 0. The van der Waals surface area contributed by atoms with E-state index in [4.69, 9.17) is 28.6 Å². The van der Waals surface area contributed by atoms with Gasteiger partial charge in [0.25, 0.3) is 0 Å². The SMILES string of the molecule is Cc1ccc(Cl)c(OC(C)C2N=NC(=S)N2C)c1. The summed E-state index contributed by atoms with van der Waals surface area (Å²) >= 11 is 11.1. The van der Waals surface area contributed by atoms with E-state index in [1.807, 2.05) is 44.0 Å². The minimum absolute atomic E-state index is 0.182. The van der Waals surface area contributed by atoms with E-state index in [1.54, 1.807) is 0 Å². The first kappa shape index (κ1) is 13.2. The minimum Gasteiger partial charge on any atom is -0.485 e. The van der Waals surface area contributed by atoms with Crippen LogP contribution in [0, 0.1) is 6.92 Å². The monoisotopic (exact) mass is 283 g/mol. The van der Waals surface area contributed by atoms with Gasteiger partial charge in [-0.1, -0.05) is 17.7 Å². The van der Waals surface area contributed by atoms with Crippen LogP contribution in [0.4, 0.5) is 0 Å². The maximum Gasteiger partial charge on any atom is 0.217 e. The molecule has 18 heavy (non-hydrogen) atoms. The summed E-state index contributed by atoms with van der Waals surface area (Å²) in [5.74, 6) is 0.658. The number of benzene rings is 1. The molecule has 0 spiro atoms. The maximum atomic E-state index is 6.09. The first-order valence-corrected chi connectivity index (χ1v) is 6.38. The molecular weight excluding hydrogens is 270 g/mol. The molecule has 0 bridgehead atoms. The Morgan fingerprint density at radius 2 is 2.22 bits per heavy atom. The number of thiocarbonyl (C=S) groups is 1. The molecule has 1 aliphatic rings. The number of likely N-dealkylation sites (N-methyl/N-ethyl adjacent to an activating group) is 1. The van der Waals surface area contributed by atoms with Gasteiger partial charge in [-0.05, 0) is 43.8 Å². The molecule has 0 saturated heterocycles. The smallest absolute Gasteiger partial charge is 0.217 e. The Morgan fingerprint density at radius 3 is 2.83 bits per heavy atom. The largest absolute Gasteiger partial charge is 0.485 e. The third-order valence-electron chi connectivity index (χ3n) is 2.78. The molecule has 0 N–H and O–H groups in total. The topological polar surface area (TPSA) is 37.2 Å². The van der Waals surface area contributed by atoms with E-state index in [0.717, 1.165) is 5.56 Å². The Hall–Kier alpha value is -1.20. The van der Waals surface area contributed by atoms with Crippen LogP contribution in [0.1, 0.15) is 12.5 Å². The number of halogens is 1. The summed E-state index contributed by atoms with van der Waals surface area (Å²) in [6.07, 6.45) is -0.382. The van der Waals surface area contributed by atoms with Crippen molar-refractivity contribution >= 4 is 28.9 Å². The van der Waals surface area contributed by atoms with E-state index in [1.165, 1.54) is 0 Å². The molecule has 1 aromatic rings. The minimum atomic E-state index is -0.200. The fraction of sp³-hybridized carbons (Fsp3) is 0.417. The number of nitrogens with zero attached hydrogens (tertiary/aromatic N) is 3. The zero-order valence-electron chi connectivity index (χ0n) is 10.4. The van der Waals surface area contributed by atoms with Crippen molar-refractivity contribution in [2.75, 3.05) is 7.05 Å². The fourth-order valence-electron chi connectivity index (χ4n) is 1.74. The summed E-state index contributed by atoms with van der Waals surface area (Å²) in [5.41, 5.74) is 1.10. The van der Waals surface area contributed by atoms with Gasteiger partial charge in [0, 0.05) is 7.05 Å². The molecule has 0 fully saturated rings. The lowest BCUT2D eigenvalue weighted by molar-refractivity contribution is 0.142. The van der Waals surface area contributed by atoms with E-state index in [-0.39, 0.29) is 12.3 Å². The predicted molar refractivity (Wildman–Crippen MR) is 75.3 cm³/mol. The van der Waals surface area contributed by atoms with E-state index in [2.05, 4.69) is 10.2 Å². The van der Waals surface area contributed by atoms with Crippen molar-refractivity contribution in [1.29, 1.82) is 0 Å². The van der Waals surface area contributed by atoms with Crippen LogP contribution in [0.15, 0.2) is 28.4 Å². The van der Waals surface area contributed by atoms with E-state index < -0.39 is 0 Å².